The molecule has 1 aliphatic rings. The normalized spacial score (nSPS) is 13.2. The molecule has 3 rings (SSSR count). The lowest BCUT2D eigenvalue weighted by molar-refractivity contribution is -0.385. The Hall–Kier alpha value is -3.81. The van der Waals surface area contributed by atoms with E-state index in [0.29, 0.717) is 11.3 Å². The summed E-state index contributed by atoms with van der Waals surface area (Å²) >= 11 is 0. The first-order valence-corrected chi connectivity index (χ1v) is 7.57. The number of hydrogen-bond donors (Lipinski definition) is 1. The van der Waals surface area contributed by atoms with Crippen LogP contribution in [0.25, 0.3) is 6.08 Å². The minimum Gasteiger partial charge on any atom is -0.322 e. The molecule has 8 heteroatoms. The first kappa shape index (κ1) is 17.0. The molecule has 1 aliphatic heterocycles. The molecule has 0 radical (unpaired) electrons. The number of nitro benzene ring substituents is 1. The van der Waals surface area contributed by atoms with Gasteiger partial charge in [-0.05, 0) is 30.3 Å². The molecule has 0 saturated heterocycles. The molecule has 0 atom stereocenters. The van der Waals surface area contributed by atoms with Crippen LogP contribution >= 0.6 is 0 Å². The predicted octanol–water partition coefficient (Wildman–Crippen LogP) is 2.47. The molecule has 1 heterocycles. The number of nitrogens with zero attached hydrogens (tertiary/aromatic N) is 2. The van der Waals surface area contributed by atoms with Crippen LogP contribution in [0.15, 0.2) is 48.5 Å². The molecule has 3 amide bonds. The summed E-state index contributed by atoms with van der Waals surface area (Å²) in [5.41, 5.74) is 1.03. The van der Waals surface area contributed by atoms with Crippen LogP contribution in [-0.2, 0) is 4.79 Å². The lowest BCUT2D eigenvalue weighted by Crippen LogP contribution is -2.24. The number of fused-ring (bicyclic) bond motifs is 1. The average Bonchev–Trinajstić information content (AvgIpc) is 2.84. The third-order valence-electron chi connectivity index (χ3n) is 3.90. The average molecular weight is 351 g/mol. The molecule has 0 saturated carbocycles. The smallest absolute Gasteiger partial charge is 0.276 e. The van der Waals surface area contributed by atoms with Gasteiger partial charge in [-0.3, -0.25) is 29.4 Å². The monoisotopic (exact) mass is 351 g/mol. The highest BCUT2D eigenvalue weighted by Crippen LogP contribution is 2.25. The molecular formula is C18H13N3O5. The molecule has 0 unspecified atom stereocenters. The lowest BCUT2D eigenvalue weighted by Gasteiger charge is -2.04. The van der Waals surface area contributed by atoms with Crippen molar-refractivity contribution >= 4 is 35.2 Å². The van der Waals surface area contributed by atoms with Crippen molar-refractivity contribution in [2.45, 2.75) is 0 Å². The van der Waals surface area contributed by atoms with Gasteiger partial charge < -0.3 is 5.32 Å². The summed E-state index contributed by atoms with van der Waals surface area (Å²) in [6, 6.07) is 10.4. The summed E-state index contributed by atoms with van der Waals surface area (Å²) < 4.78 is 0. The van der Waals surface area contributed by atoms with Crippen molar-refractivity contribution < 1.29 is 19.3 Å². The Balaban J connectivity index is 1.77. The van der Waals surface area contributed by atoms with Crippen LogP contribution in [0.5, 0.6) is 0 Å². The van der Waals surface area contributed by atoms with Gasteiger partial charge in [0.05, 0.1) is 21.6 Å². The number of carbonyl (C=O) groups excluding carboxylic acids is 3. The highest BCUT2D eigenvalue weighted by Gasteiger charge is 2.32. The van der Waals surface area contributed by atoms with Crippen molar-refractivity contribution in [2.75, 3.05) is 12.4 Å². The van der Waals surface area contributed by atoms with Gasteiger partial charge in [-0.2, -0.15) is 0 Å². The maximum Gasteiger partial charge on any atom is 0.276 e. The van der Waals surface area contributed by atoms with Crippen LogP contribution in [0.3, 0.4) is 0 Å². The first-order valence-electron chi connectivity index (χ1n) is 7.57. The fraction of sp³-hybridized carbons (Fsp3) is 0.0556. The van der Waals surface area contributed by atoms with E-state index in [1.54, 1.807) is 6.07 Å². The standard InChI is InChI=1S/C18H13N3O5/c1-20-17(23)13-8-7-12(10-14(13)18(20)24)19-16(22)9-6-11-4-2-3-5-15(11)21(25)26/h2-10H,1H3,(H,19,22)/b9-6+. The largest absolute Gasteiger partial charge is 0.322 e. The molecule has 130 valence electrons. The zero-order chi connectivity index (χ0) is 18.8. The number of hydrogen-bond acceptors (Lipinski definition) is 5. The highest BCUT2D eigenvalue weighted by atomic mass is 16.6. The Bertz CT molecular complexity index is 981. The number of nitro groups is 1. The Morgan fingerprint density at radius 1 is 1.12 bits per heavy atom. The van der Waals surface area contributed by atoms with E-state index in [0.717, 1.165) is 11.0 Å². The molecule has 2 aromatic rings. The van der Waals surface area contributed by atoms with E-state index in [9.17, 15) is 24.5 Å². The van der Waals surface area contributed by atoms with E-state index in [4.69, 9.17) is 0 Å². The highest BCUT2D eigenvalue weighted by molar-refractivity contribution is 6.21. The molecule has 2 aromatic carbocycles. The van der Waals surface area contributed by atoms with Crippen molar-refractivity contribution in [3.8, 4) is 0 Å². The summed E-state index contributed by atoms with van der Waals surface area (Å²) in [6.07, 6.45) is 2.50. The number of rotatable bonds is 4. The fourth-order valence-electron chi connectivity index (χ4n) is 2.58. The Labute approximate surface area is 147 Å². The number of imide groups is 1. The topological polar surface area (TPSA) is 110 Å². The van der Waals surface area contributed by atoms with Crippen LogP contribution in [0.2, 0.25) is 0 Å². The van der Waals surface area contributed by atoms with Gasteiger partial charge in [-0.25, -0.2) is 0 Å². The summed E-state index contributed by atoms with van der Waals surface area (Å²) in [7, 11) is 1.39. The fourth-order valence-corrected chi connectivity index (χ4v) is 2.58. The zero-order valence-electron chi connectivity index (χ0n) is 13.6. The first-order chi connectivity index (χ1) is 12.4. The number of benzene rings is 2. The van der Waals surface area contributed by atoms with Gasteiger partial charge in [-0.15, -0.1) is 0 Å². The number of para-hydroxylation sites is 1. The van der Waals surface area contributed by atoms with Gasteiger partial charge in [0, 0.05) is 24.9 Å². The third kappa shape index (κ3) is 3.07. The van der Waals surface area contributed by atoms with Crippen molar-refractivity contribution in [1.82, 2.24) is 4.90 Å². The van der Waals surface area contributed by atoms with E-state index >= 15 is 0 Å². The second-order valence-corrected chi connectivity index (χ2v) is 5.57. The molecule has 1 N–H and O–H groups in total. The molecule has 8 nitrogen and oxygen atoms in total. The zero-order valence-corrected chi connectivity index (χ0v) is 13.6. The number of amides is 3. The van der Waals surface area contributed by atoms with E-state index in [2.05, 4.69) is 5.32 Å². The van der Waals surface area contributed by atoms with Gasteiger partial charge in [0.25, 0.3) is 17.5 Å². The third-order valence-corrected chi connectivity index (χ3v) is 3.90. The molecule has 0 bridgehead atoms. The minimum atomic E-state index is -0.531. The second-order valence-electron chi connectivity index (χ2n) is 5.57. The number of carbonyl (C=O) groups is 3. The van der Waals surface area contributed by atoms with Crippen LogP contribution in [0.1, 0.15) is 26.3 Å². The molecule has 0 fully saturated rings. The van der Waals surface area contributed by atoms with Crippen LogP contribution in [0, 0.1) is 10.1 Å². The molecule has 26 heavy (non-hydrogen) atoms. The summed E-state index contributed by atoms with van der Waals surface area (Å²) in [6.45, 7) is 0. The molecule has 0 aliphatic carbocycles. The van der Waals surface area contributed by atoms with Gasteiger partial charge >= 0.3 is 0 Å². The summed E-state index contributed by atoms with van der Waals surface area (Å²) in [5.74, 6) is -1.34. The summed E-state index contributed by atoms with van der Waals surface area (Å²) in [4.78, 5) is 47.3. The van der Waals surface area contributed by atoms with Crippen LogP contribution < -0.4 is 5.32 Å². The molecular weight excluding hydrogens is 338 g/mol. The van der Waals surface area contributed by atoms with Gasteiger partial charge in [0.15, 0.2) is 0 Å². The Morgan fingerprint density at radius 2 is 1.81 bits per heavy atom. The quantitative estimate of drug-likeness (QED) is 0.394. The van der Waals surface area contributed by atoms with Crippen molar-refractivity contribution in [3.05, 3.63) is 75.3 Å². The van der Waals surface area contributed by atoms with Crippen molar-refractivity contribution in [1.29, 1.82) is 0 Å². The van der Waals surface area contributed by atoms with E-state index in [1.165, 1.54) is 49.5 Å². The van der Waals surface area contributed by atoms with Gasteiger partial charge in [-0.1, -0.05) is 12.1 Å². The Kier molecular flexibility index (Phi) is 4.32. The van der Waals surface area contributed by atoms with E-state index < -0.39 is 16.7 Å². The Morgan fingerprint density at radius 3 is 2.54 bits per heavy atom. The van der Waals surface area contributed by atoms with Crippen molar-refractivity contribution in [3.63, 3.8) is 0 Å². The second kappa shape index (κ2) is 6.60. The number of anilines is 1. The van der Waals surface area contributed by atoms with Crippen LogP contribution in [0.4, 0.5) is 11.4 Å². The molecule has 0 spiro atoms. The SMILES string of the molecule is CN1C(=O)c2ccc(NC(=O)/C=C/c3ccccc3[N+](=O)[O-])cc2C1=O. The van der Waals surface area contributed by atoms with E-state index in [1.807, 2.05) is 0 Å². The van der Waals surface area contributed by atoms with Crippen LogP contribution in [-0.4, -0.2) is 34.6 Å². The lowest BCUT2D eigenvalue weighted by atomic mass is 10.1. The maximum absolute atomic E-state index is 12.0. The van der Waals surface area contributed by atoms with Crippen molar-refractivity contribution in [2.24, 2.45) is 0 Å². The minimum absolute atomic E-state index is 0.110. The van der Waals surface area contributed by atoms with Gasteiger partial charge in [0.1, 0.15) is 0 Å². The summed E-state index contributed by atoms with van der Waals surface area (Å²) in [5, 5.41) is 13.5. The predicted molar refractivity (Wildman–Crippen MR) is 93.6 cm³/mol. The van der Waals surface area contributed by atoms with Gasteiger partial charge in [0.2, 0.25) is 5.91 Å². The number of nitrogens with one attached hydrogen (secondary N) is 1. The van der Waals surface area contributed by atoms with E-state index in [-0.39, 0.29) is 22.7 Å². The maximum atomic E-state index is 12.0. The molecule has 0 aromatic heterocycles.